The van der Waals surface area contributed by atoms with E-state index in [0.29, 0.717) is 11.1 Å². The van der Waals surface area contributed by atoms with E-state index in [2.05, 4.69) is 63.8 Å². The number of nitrogens with zero attached hydrogens (tertiary/aromatic N) is 1. The van der Waals surface area contributed by atoms with Crippen molar-refractivity contribution in [3.8, 4) is 11.5 Å². The molecule has 44 heteroatoms. The van der Waals surface area contributed by atoms with Gasteiger partial charge in [0.2, 0.25) is 82.7 Å². The molecule has 0 aliphatic carbocycles. The molecule has 44 nitrogen and oxygen atoms in total. The van der Waals surface area contributed by atoms with Crippen molar-refractivity contribution in [1.29, 1.82) is 0 Å². The van der Waals surface area contributed by atoms with Gasteiger partial charge in [0.15, 0.2) is 0 Å². The quantitative estimate of drug-likeness (QED) is 0.0251. The Kier molecular flexibility index (Phi) is 40.5. The predicted molar refractivity (Wildman–Crippen MR) is 418 cm³/mol. The highest BCUT2D eigenvalue weighted by molar-refractivity contribution is 6.02. The van der Waals surface area contributed by atoms with Crippen LogP contribution in [0.2, 0.25) is 0 Å². The molecule has 1 aliphatic heterocycles. The van der Waals surface area contributed by atoms with Crippen LogP contribution in [-0.4, -0.2) is 267 Å². The summed E-state index contributed by atoms with van der Waals surface area (Å²) in [4.78, 5) is 270. The summed E-state index contributed by atoms with van der Waals surface area (Å²) in [5.41, 5.74) is 11.9. The van der Waals surface area contributed by atoms with Crippen molar-refractivity contribution in [1.82, 2.24) is 68.7 Å². The Balaban J connectivity index is 1.63. The van der Waals surface area contributed by atoms with Crippen molar-refractivity contribution in [3.05, 3.63) is 95.6 Å². The van der Waals surface area contributed by atoms with Gasteiger partial charge in [-0.2, -0.15) is 0 Å². The number of phenolic OH excluding ortho intramolecular Hbond substituents is 2. The van der Waals surface area contributed by atoms with E-state index in [9.17, 15) is 142 Å². The van der Waals surface area contributed by atoms with Gasteiger partial charge in [-0.3, -0.25) is 91.1 Å². The zero-order valence-electron chi connectivity index (χ0n) is 66.8. The number of benzene rings is 3. The van der Waals surface area contributed by atoms with E-state index >= 15 is 0 Å². The minimum Gasteiger partial charge on any atom is -0.508 e. The lowest BCUT2D eigenvalue weighted by Gasteiger charge is -2.31. The Morgan fingerprint density at radius 3 is 1.14 bits per heavy atom. The fraction of sp³-hybridized carbons (Fsp3) is 0.506. The number of amides is 14. The van der Waals surface area contributed by atoms with Gasteiger partial charge >= 0.3 is 35.8 Å². The van der Waals surface area contributed by atoms with Crippen LogP contribution >= 0.6 is 0 Å². The highest BCUT2D eigenvalue weighted by atomic mass is 16.4. The summed E-state index contributed by atoms with van der Waals surface area (Å²) in [7, 11) is 0. The number of carboxylic acid groups (broad SMARTS) is 6. The number of aliphatic carboxylic acids is 6. The van der Waals surface area contributed by atoms with E-state index in [1.807, 2.05) is 0 Å². The Morgan fingerprint density at radius 2 is 0.727 bits per heavy atom. The van der Waals surface area contributed by atoms with E-state index < -0.39 is 286 Å². The molecule has 1 saturated heterocycles. The molecule has 1 heterocycles. The fourth-order valence-electron chi connectivity index (χ4n) is 12.5. The van der Waals surface area contributed by atoms with E-state index in [4.69, 9.17) is 11.5 Å². The second-order valence-electron chi connectivity index (χ2n) is 29.5. The van der Waals surface area contributed by atoms with Crippen molar-refractivity contribution >= 4 is 119 Å². The standard InChI is InChI=1S/C77H105N15O29/c1-37(2)28-48(68(111)88-54(35-63(106)107)73(116)91-64(39(5)93)75(118)82-46(22-25-60(100)101)66(109)85-51(31-42-15-19-44(95)20-16-42)70(113)90-55(77(120)121)32-40-10-7-6-8-11-40)84-69(112)50(30-41-13-17-43(94)18-14-41)86-71(114)52(33-57(79)96)87-65(108)45(21-24-59(98)99)81-67(110)49(29-38(3)4)89-74(117)56-12-9-27-92(56)76(119)47(23-26-61(102)103)83-72(115)53(34-62(104)105)80-58(97)36-78/h6-8,10-11,13-20,37-39,45-56,64,93-95H,9,12,21-36,78H2,1-5H3,(H2,79,96)(H,80,97)(H,81,110)(H,82,118)(H,83,115)(H,84,112)(H,85,109)(H,86,114)(H,87,108)(H,88,111)(H,89,117)(H,90,113)(H,91,116)(H,98,99)(H,100,101)(H,102,103)(H,104,105)(H,106,107)(H,120,121)/t39-,45+,46+,47+,48+,49+,50+,51+,52+,53+,54+,55+,56+,64+/m1/s1. The first-order valence-electron chi connectivity index (χ1n) is 38.4. The largest absolute Gasteiger partial charge is 0.508 e. The molecule has 3 aromatic rings. The predicted octanol–water partition coefficient (Wildman–Crippen LogP) is -5.13. The Hall–Kier alpha value is -13.4. The lowest BCUT2D eigenvalue weighted by atomic mass is 10.00. The van der Waals surface area contributed by atoms with Gasteiger partial charge in [-0.1, -0.05) is 82.3 Å². The van der Waals surface area contributed by atoms with Crippen molar-refractivity contribution in [2.24, 2.45) is 23.3 Å². The number of nitrogens with two attached hydrogens (primary N) is 2. The number of rotatable bonds is 52. The molecule has 121 heavy (non-hydrogen) atoms. The normalized spacial score (nSPS) is 15.5. The summed E-state index contributed by atoms with van der Waals surface area (Å²) in [6.07, 6.45) is -11.5. The number of aromatic hydroxyl groups is 2. The zero-order valence-corrected chi connectivity index (χ0v) is 66.8. The molecule has 662 valence electrons. The van der Waals surface area contributed by atoms with Crippen LogP contribution in [0.1, 0.15) is 135 Å². The Labute approximate surface area is 691 Å². The Bertz CT molecular complexity index is 4210. The van der Waals surface area contributed by atoms with Crippen molar-refractivity contribution in [3.63, 3.8) is 0 Å². The summed E-state index contributed by atoms with van der Waals surface area (Å²) < 4.78 is 0. The summed E-state index contributed by atoms with van der Waals surface area (Å²) in [5, 5.41) is 117. The maximum atomic E-state index is 14.8. The maximum Gasteiger partial charge on any atom is 0.326 e. The number of phenols is 2. The molecule has 4 rings (SSSR count). The number of nitrogens with one attached hydrogen (secondary N) is 12. The molecule has 14 atom stereocenters. The topological polar surface area (TPSA) is 723 Å². The second kappa shape index (κ2) is 49.1. The molecule has 0 spiro atoms. The van der Waals surface area contributed by atoms with Gasteiger partial charge < -0.3 is 126 Å². The number of likely N-dealkylation sites (tertiary alicyclic amines) is 1. The van der Waals surface area contributed by atoms with Gasteiger partial charge in [0.25, 0.3) is 0 Å². The van der Waals surface area contributed by atoms with Crippen LogP contribution in [0.15, 0.2) is 78.9 Å². The first-order valence-corrected chi connectivity index (χ1v) is 38.4. The first-order chi connectivity index (χ1) is 56.8. The van der Waals surface area contributed by atoms with Gasteiger partial charge in [0.1, 0.15) is 90.0 Å². The molecule has 25 N–H and O–H groups in total. The van der Waals surface area contributed by atoms with Crippen molar-refractivity contribution in [2.45, 2.75) is 222 Å². The first kappa shape index (κ1) is 99.9. The molecule has 0 aromatic heterocycles. The van der Waals surface area contributed by atoms with Crippen LogP contribution in [0.25, 0.3) is 0 Å². The van der Waals surface area contributed by atoms with E-state index in [1.54, 1.807) is 58.0 Å². The average molecular weight is 1700 g/mol. The fourth-order valence-corrected chi connectivity index (χ4v) is 12.5. The summed E-state index contributed by atoms with van der Waals surface area (Å²) in [5.74, 6) is -27.9. The third kappa shape index (κ3) is 35.4. The maximum absolute atomic E-state index is 14.8. The molecule has 0 saturated carbocycles. The number of primary amides is 1. The number of aliphatic hydroxyl groups excluding tert-OH is 1. The number of hydrogen-bond acceptors (Lipinski definition) is 24. The highest BCUT2D eigenvalue weighted by Gasteiger charge is 2.43. The van der Waals surface area contributed by atoms with Crippen molar-refractivity contribution in [2.75, 3.05) is 13.1 Å². The van der Waals surface area contributed by atoms with Gasteiger partial charge in [0, 0.05) is 45.1 Å². The monoisotopic (exact) mass is 1700 g/mol. The zero-order chi connectivity index (χ0) is 90.7. The molecular formula is C77H105N15O29. The number of carbonyl (C=O) groups is 20. The Morgan fingerprint density at radius 1 is 0.388 bits per heavy atom. The van der Waals surface area contributed by atoms with Crippen LogP contribution in [0.3, 0.4) is 0 Å². The molecule has 1 aliphatic rings. The number of aliphatic hydroxyl groups is 1. The minimum absolute atomic E-state index is 0.0801. The van der Waals surface area contributed by atoms with Crippen LogP contribution in [0.5, 0.6) is 11.5 Å². The second-order valence-corrected chi connectivity index (χ2v) is 29.5. The van der Waals surface area contributed by atoms with Gasteiger partial charge in [-0.25, -0.2) is 4.79 Å². The highest BCUT2D eigenvalue weighted by Crippen LogP contribution is 2.23. The third-order valence-corrected chi connectivity index (χ3v) is 18.6. The lowest BCUT2D eigenvalue weighted by molar-refractivity contribution is -0.144. The van der Waals surface area contributed by atoms with Crippen molar-refractivity contribution < 1.29 is 142 Å². The van der Waals surface area contributed by atoms with Crippen LogP contribution in [0.4, 0.5) is 0 Å². The minimum atomic E-state index is -2.21. The van der Waals surface area contributed by atoms with E-state index in [1.165, 1.54) is 48.5 Å². The molecule has 0 radical (unpaired) electrons. The molecule has 0 bridgehead atoms. The molecule has 14 amide bonds. The van der Waals surface area contributed by atoms with Gasteiger partial charge in [-0.15, -0.1) is 0 Å². The van der Waals surface area contributed by atoms with Crippen LogP contribution in [0, 0.1) is 11.8 Å². The molecular weight excluding hydrogens is 1600 g/mol. The van der Waals surface area contributed by atoms with Crippen LogP contribution < -0.4 is 75.3 Å². The van der Waals surface area contributed by atoms with E-state index in [-0.39, 0.29) is 62.1 Å². The lowest BCUT2D eigenvalue weighted by Crippen LogP contribution is -2.62. The summed E-state index contributed by atoms with van der Waals surface area (Å²) in [6.45, 7) is 6.45. The smallest absolute Gasteiger partial charge is 0.326 e. The third-order valence-electron chi connectivity index (χ3n) is 18.6. The van der Waals surface area contributed by atoms with E-state index in [0.717, 1.165) is 11.8 Å². The molecule has 0 unspecified atom stereocenters. The summed E-state index contributed by atoms with van der Waals surface area (Å²) in [6, 6.07) is -5.60. The molecule has 1 fully saturated rings. The van der Waals surface area contributed by atoms with Gasteiger partial charge in [0.05, 0.1) is 31.9 Å². The SMILES string of the molecule is CC(C)C[C@H](NC(=O)[C@H](Cc1ccc(O)cc1)NC(=O)[C@H](CC(N)=O)NC(=O)[C@H](CCC(=O)O)NC(=O)[C@H](CC(C)C)NC(=O)[C@@H]1CCCN1C(=O)[C@H](CCC(=O)O)NC(=O)[C@H](CC(=O)O)NC(=O)CN)C(=O)N[C@@H](CC(=O)O)C(=O)N[C@H](C(=O)N[C@@H](CCC(=O)O)C(=O)N[C@@H](Cc1ccc(O)cc1)C(=O)N[C@@H](Cc1ccccc1)C(=O)O)[C@@H](C)O. The van der Waals surface area contributed by atoms with Crippen LogP contribution in [-0.2, 0) is 115 Å². The summed E-state index contributed by atoms with van der Waals surface area (Å²) >= 11 is 0. The number of carboxylic acids is 6. The molecule has 3 aromatic carbocycles. The number of carbonyl (C=O) groups excluding carboxylic acids is 14. The van der Waals surface area contributed by atoms with Gasteiger partial charge in [-0.05, 0) is 105 Å². The number of hydrogen-bond donors (Lipinski definition) is 23. The average Bonchev–Trinajstić information content (AvgIpc) is 1.66.